The molecular formula is C14H23N5. The molecule has 0 saturated carbocycles. The van der Waals surface area contributed by atoms with Crippen LogP contribution in [0.1, 0.15) is 36.0 Å². The monoisotopic (exact) mass is 261 g/mol. The topological polar surface area (TPSA) is 47.7 Å². The first-order valence-electron chi connectivity index (χ1n) is 6.81. The Hall–Kier alpha value is -1.62. The normalized spacial score (nSPS) is 11.2. The molecule has 2 aromatic rings. The number of nitrogens with one attached hydrogen (secondary N) is 1. The summed E-state index contributed by atoms with van der Waals surface area (Å²) >= 11 is 0. The van der Waals surface area contributed by atoms with E-state index >= 15 is 0 Å². The third-order valence-corrected chi connectivity index (χ3v) is 3.25. The standard InChI is InChI=1S/C14H23N5/c1-6-7-15-9-13-12(4)17-18(5)14(13)19-11(3)8-10(2)16-19/h8,15H,6-7,9H2,1-5H3. The molecule has 0 aliphatic rings. The first kappa shape index (κ1) is 13.8. The number of hydrogen-bond acceptors (Lipinski definition) is 3. The quantitative estimate of drug-likeness (QED) is 0.838. The number of aromatic nitrogens is 4. The molecule has 1 N–H and O–H groups in total. The van der Waals surface area contributed by atoms with E-state index in [1.807, 2.05) is 23.3 Å². The molecule has 0 amide bonds. The van der Waals surface area contributed by atoms with Gasteiger partial charge in [0.15, 0.2) is 5.82 Å². The summed E-state index contributed by atoms with van der Waals surface area (Å²) in [5.74, 6) is 1.06. The van der Waals surface area contributed by atoms with E-state index in [0.29, 0.717) is 0 Å². The molecule has 5 heteroatoms. The van der Waals surface area contributed by atoms with Crippen molar-refractivity contribution in [2.75, 3.05) is 6.54 Å². The van der Waals surface area contributed by atoms with Crippen molar-refractivity contribution in [1.82, 2.24) is 24.9 Å². The maximum atomic E-state index is 4.57. The molecule has 0 spiro atoms. The Balaban J connectivity index is 2.41. The van der Waals surface area contributed by atoms with Crippen LogP contribution in [0.25, 0.3) is 5.82 Å². The van der Waals surface area contributed by atoms with Crippen LogP contribution >= 0.6 is 0 Å². The molecule has 0 aliphatic heterocycles. The van der Waals surface area contributed by atoms with E-state index in [-0.39, 0.29) is 0 Å². The molecule has 104 valence electrons. The molecule has 0 fully saturated rings. The highest BCUT2D eigenvalue weighted by atomic mass is 15.4. The Morgan fingerprint density at radius 3 is 2.53 bits per heavy atom. The Labute approximate surface area is 114 Å². The van der Waals surface area contributed by atoms with Crippen molar-refractivity contribution in [2.24, 2.45) is 7.05 Å². The second-order valence-corrected chi connectivity index (χ2v) is 5.03. The van der Waals surface area contributed by atoms with E-state index < -0.39 is 0 Å². The number of aryl methyl sites for hydroxylation is 4. The maximum Gasteiger partial charge on any atom is 0.156 e. The molecule has 2 aromatic heterocycles. The van der Waals surface area contributed by atoms with Crippen LogP contribution in [0.5, 0.6) is 0 Å². The van der Waals surface area contributed by atoms with Gasteiger partial charge in [0.2, 0.25) is 0 Å². The van der Waals surface area contributed by atoms with Gasteiger partial charge in [-0.3, -0.25) is 4.68 Å². The fourth-order valence-corrected chi connectivity index (χ4v) is 2.40. The Bertz CT molecular complexity index is 565. The lowest BCUT2D eigenvalue weighted by atomic mass is 10.2. The third kappa shape index (κ3) is 2.71. The molecule has 0 bridgehead atoms. The highest BCUT2D eigenvalue weighted by Crippen LogP contribution is 2.19. The Kier molecular flexibility index (Phi) is 4.04. The molecule has 0 saturated heterocycles. The largest absolute Gasteiger partial charge is 0.312 e. The van der Waals surface area contributed by atoms with Crippen LogP contribution < -0.4 is 5.32 Å². The van der Waals surface area contributed by atoms with Crippen LogP contribution in [0.4, 0.5) is 0 Å². The van der Waals surface area contributed by atoms with E-state index in [1.54, 1.807) is 0 Å². The summed E-state index contributed by atoms with van der Waals surface area (Å²) in [5, 5.41) is 12.6. The van der Waals surface area contributed by atoms with Gasteiger partial charge in [-0.1, -0.05) is 6.92 Å². The second-order valence-electron chi connectivity index (χ2n) is 5.03. The van der Waals surface area contributed by atoms with Crippen molar-refractivity contribution in [3.8, 4) is 5.82 Å². The van der Waals surface area contributed by atoms with Gasteiger partial charge in [-0.15, -0.1) is 0 Å². The molecular weight excluding hydrogens is 238 g/mol. The zero-order valence-electron chi connectivity index (χ0n) is 12.5. The summed E-state index contributed by atoms with van der Waals surface area (Å²) in [6.45, 7) is 10.2. The first-order valence-corrected chi connectivity index (χ1v) is 6.81. The van der Waals surface area contributed by atoms with Crippen LogP contribution in [0.15, 0.2) is 6.07 Å². The summed E-state index contributed by atoms with van der Waals surface area (Å²) in [5.41, 5.74) is 4.46. The fourth-order valence-electron chi connectivity index (χ4n) is 2.40. The van der Waals surface area contributed by atoms with Crippen LogP contribution in [0, 0.1) is 20.8 Å². The second kappa shape index (κ2) is 5.57. The van der Waals surface area contributed by atoms with Crippen molar-refractivity contribution in [2.45, 2.75) is 40.7 Å². The summed E-state index contributed by atoms with van der Waals surface area (Å²) < 4.78 is 3.90. The highest BCUT2D eigenvalue weighted by Gasteiger charge is 2.17. The van der Waals surface area contributed by atoms with E-state index in [9.17, 15) is 0 Å². The molecule has 0 aromatic carbocycles. The van der Waals surface area contributed by atoms with Crippen molar-refractivity contribution in [1.29, 1.82) is 0 Å². The van der Waals surface area contributed by atoms with Crippen LogP contribution in [-0.4, -0.2) is 26.1 Å². The molecule has 19 heavy (non-hydrogen) atoms. The van der Waals surface area contributed by atoms with Gasteiger partial charge in [0.1, 0.15) is 0 Å². The summed E-state index contributed by atoms with van der Waals surface area (Å²) in [7, 11) is 1.97. The molecule has 0 atom stereocenters. The molecule has 0 radical (unpaired) electrons. The average molecular weight is 261 g/mol. The molecule has 2 heterocycles. The minimum atomic E-state index is 0.835. The molecule has 0 aliphatic carbocycles. The average Bonchev–Trinajstić information content (AvgIpc) is 2.79. The van der Waals surface area contributed by atoms with Crippen molar-refractivity contribution >= 4 is 0 Å². The van der Waals surface area contributed by atoms with Gasteiger partial charge in [0, 0.05) is 24.8 Å². The lowest BCUT2D eigenvalue weighted by Gasteiger charge is -2.09. The van der Waals surface area contributed by atoms with Gasteiger partial charge in [0.25, 0.3) is 0 Å². The fraction of sp³-hybridized carbons (Fsp3) is 0.571. The number of nitrogens with zero attached hydrogens (tertiary/aromatic N) is 4. The minimum absolute atomic E-state index is 0.835. The summed E-state index contributed by atoms with van der Waals surface area (Å²) in [6.07, 6.45) is 1.13. The number of hydrogen-bond donors (Lipinski definition) is 1. The third-order valence-electron chi connectivity index (χ3n) is 3.25. The van der Waals surface area contributed by atoms with Gasteiger partial charge < -0.3 is 5.32 Å². The number of rotatable bonds is 5. The lowest BCUT2D eigenvalue weighted by molar-refractivity contribution is 0.654. The lowest BCUT2D eigenvalue weighted by Crippen LogP contribution is -2.17. The smallest absolute Gasteiger partial charge is 0.156 e. The van der Waals surface area contributed by atoms with E-state index in [1.165, 1.54) is 5.56 Å². The van der Waals surface area contributed by atoms with E-state index in [2.05, 4.69) is 42.4 Å². The molecule has 5 nitrogen and oxygen atoms in total. The van der Waals surface area contributed by atoms with Crippen LogP contribution in [0.2, 0.25) is 0 Å². The summed E-state index contributed by atoms with van der Waals surface area (Å²) in [6, 6.07) is 2.09. The van der Waals surface area contributed by atoms with Gasteiger partial charge >= 0.3 is 0 Å². The predicted molar refractivity (Wildman–Crippen MR) is 76.5 cm³/mol. The van der Waals surface area contributed by atoms with Gasteiger partial charge in [-0.05, 0) is 39.8 Å². The minimum Gasteiger partial charge on any atom is -0.312 e. The van der Waals surface area contributed by atoms with Crippen molar-refractivity contribution in [3.05, 3.63) is 28.7 Å². The van der Waals surface area contributed by atoms with Gasteiger partial charge in [-0.2, -0.15) is 10.2 Å². The van der Waals surface area contributed by atoms with Crippen molar-refractivity contribution in [3.63, 3.8) is 0 Å². The Morgan fingerprint density at radius 2 is 1.95 bits per heavy atom. The van der Waals surface area contributed by atoms with Gasteiger partial charge in [0.05, 0.1) is 11.4 Å². The summed E-state index contributed by atoms with van der Waals surface area (Å²) in [4.78, 5) is 0. The highest BCUT2D eigenvalue weighted by molar-refractivity contribution is 5.39. The van der Waals surface area contributed by atoms with Crippen LogP contribution in [0.3, 0.4) is 0 Å². The molecule has 2 rings (SSSR count). The predicted octanol–water partition coefficient (Wildman–Crippen LogP) is 2.03. The first-order chi connectivity index (χ1) is 9.04. The van der Waals surface area contributed by atoms with Crippen molar-refractivity contribution < 1.29 is 0 Å². The van der Waals surface area contributed by atoms with Gasteiger partial charge in [-0.25, -0.2) is 4.68 Å². The SMILES string of the molecule is CCCNCc1c(C)nn(C)c1-n1nc(C)cc1C. The maximum absolute atomic E-state index is 4.57. The van der Waals surface area contributed by atoms with E-state index in [4.69, 9.17) is 0 Å². The zero-order valence-corrected chi connectivity index (χ0v) is 12.5. The Morgan fingerprint density at radius 1 is 1.21 bits per heavy atom. The van der Waals surface area contributed by atoms with Crippen LogP contribution in [-0.2, 0) is 13.6 Å². The zero-order chi connectivity index (χ0) is 14.0. The van der Waals surface area contributed by atoms with E-state index in [0.717, 1.165) is 42.4 Å². The molecule has 0 unspecified atom stereocenters.